The fourth-order valence-corrected chi connectivity index (χ4v) is 2.66. The van der Waals surface area contributed by atoms with Crippen LogP contribution in [0, 0.1) is 5.92 Å². The average molecular weight is 153 g/mol. The minimum atomic E-state index is 0.422. The molecular formula is C10H19N. The third kappa shape index (κ3) is 1.10. The predicted octanol–water partition coefficient (Wildman–Crippen LogP) is 2.27. The van der Waals surface area contributed by atoms with Crippen LogP contribution in [0.5, 0.6) is 0 Å². The summed E-state index contributed by atoms with van der Waals surface area (Å²) in [4.78, 5) is 2.67. The maximum atomic E-state index is 2.67. The molecule has 0 aromatic heterocycles. The van der Waals surface area contributed by atoms with E-state index >= 15 is 0 Å². The zero-order chi connectivity index (χ0) is 8.06. The first kappa shape index (κ1) is 7.60. The van der Waals surface area contributed by atoms with Crippen LogP contribution in [0.4, 0.5) is 0 Å². The zero-order valence-corrected chi connectivity index (χ0v) is 7.93. The first-order chi connectivity index (χ1) is 5.09. The van der Waals surface area contributed by atoms with Crippen LogP contribution in [0.2, 0.25) is 0 Å². The zero-order valence-electron chi connectivity index (χ0n) is 7.93. The van der Waals surface area contributed by atoms with Gasteiger partial charge in [0.25, 0.3) is 0 Å². The summed E-state index contributed by atoms with van der Waals surface area (Å²) < 4.78 is 0. The van der Waals surface area contributed by atoms with Crippen LogP contribution in [-0.2, 0) is 0 Å². The van der Waals surface area contributed by atoms with Crippen LogP contribution < -0.4 is 0 Å². The van der Waals surface area contributed by atoms with Crippen LogP contribution in [0.3, 0.4) is 0 Å². The predicted molar refractivity (Wildman–Crippen MR) is 47.6 cm³/mol. The van der Waals surface area contributed by atoms with Crippen LogP contribution in [0.15, 0.2) is 0 Å². The molecule has 2 rings (SSSR count). The second kappa shape index (κ2) is 2.22. The van der Waals surface area contributed by atoms with Crippen molar-refractivity contribution in [3.05, 3.63) is 0 Å². The normalized spacial score (nSPS) is 38.5. The molecule has 1 aliphatic carbocycles. The molecule has 0 unspecified atom stereocenters. The van der Waals surface area contributed by atoms with Gasteiger partial charge in [0.2, 0.25) is 0 Å². The van der Waals surface area contributed by atoms with Gasteiger partial charge in [0, 0.05) is 18.1 Å². The number of fused-ring (bicyclic) bond motifs is 1. The molecule has 64 valence electrons. The summed E-state index contributed by atoms with van der Waals surface area (Å²) in [6.45, 7) is 8.37. The van der Waals surface area contributed by atoms with Crippen LogP contribution in [0.25, 0.3) is 0 Å². The van der Waals surface area contributed by atoms with E-state index < -0.39 is 0 Å². The van der Waals surface area contributed by atoms with Crippen molar-refractivity contribution in [2.45, 2.75) is 51.6 Å². The third-order valence-corrected chi connectivity index (χ3v) is 3.31. The number of nitrogens with zero attached hydrogens (tertiary/aromatic N) is 1. The SMILES string of the molecule is CC(C)(C)N1C[C@H]2CCC[C@H]21. The van der Waals surface area contributed by atoms with Gasteiger partial charge in [-0.1, -0.05) is 6.42 Å². The van der Waals surface area contributed by atoms with E-state index in [-0.39, 0.29) is 0 Å². The average Bonchev–Trinajstić information content (AvgIpc) is 2.08. The lowest BCUT2D eigenvalue weighted by atomic mass is 9.86. The Morgan fingerprint density at radius 2 is 1.91 bits per heavy atom. The van der Waals surface area contributed by atoms with Crippen molar-refractivity contribution < 1.29 is 0 Å². The topological polar surface area (TPSA) is 3.24 Å². The molecule has 2 aliphatic rings. The van der Waals surface area contributed by atoms with E-state index in [2.05, 4.69) is 25.7 Å². The van der Waals surface area contributed by atoms with Gasteiger partial charge < -0.3 is 0 Å². The van der Waals surface area contributed by atoms with Crippen molar-refractivity contribution in [2.75, 3.05) is 6.54 Å². The quantitative estimate of drug-likeness (QED) is 0.516. The van der Waals surface area contributed by atoms with Crippen LogP contribution >= 0.6 is 0 Å². The van der Waals surface area contributed by atoms with Crippen molar-refractivity contribution in [3.63, 3.8) is 0 Å². The smallest absolute Gasteiger partial charge is 0.0141 e. The monoisotopic (exact) mass is 153 g/mol. The largest absolute Gasteiger partial charge is 0.295 e. The Balaban J connectivity index is 2.00. The maximum absolute atomic E-state index is 2.67. The van der Waals surface area contributed by atoms with Gasteiger partial charge in [-0.05, 0) is 39.5 Å². The van der Waals surface area contributed by atoms with Crippen molar-refractivity contribution in [1.29, 1.82) is 0 Å². The lowest BCUT2D eigenvalue weighted by Gasteiger charge is -2.52. The van der Waals surface area contributed by atoms with Crippen LogP contribution in [-0.4, -0.2) is 23.0 Å². The van der Waals surface area contributed by atoms with Crippen molar-refractivity contribution in [3.8, 4) is 0 Å². The highest BCUT2D eigenvalue weighted by atomic mass is 15.3. The second-order valence-corrected chi connectivity index (χ2v) is 5.08. The van der Waals surface area contributed by atoms with Crippen molar-refractivity contribution >= 4 is 0 Å². The molecule has 2 atom stereocenters. The van der Waals surface area contributed by atoms with Gasteiger partial charge in [-0.25, -0.2) is 0 Å². The minimum absolute atomic E-state index is 0.422. The molecular weight excluding hydrogens is 134 g/mol. The lowest BCUT2D eigenvalue weighted by molar-refractivity contribution is -0.0366. The standard InChI is InChI=1S/C10H19N/c1-10(2,3)11-7-8-5-4-6-9(8)11/h8-9H,4-7H2,1-3H3/t8-,9-/m1/s1. The van der Waals surface area contributed by atoms with Gasteiger partial charge >= 0.3 is 0 Å². The summed E-state index contributed by atoms with van der Waals surface area (Å²) in [5.41, 5.74) is 0.422. The molecule has 1 saturated heterocycles. The molecule has 0 aromatic rings. The Morgan fingerprint density at radius 1 is 1.18 bits per heavy atom. The summed E-state index contributed by atoms with van der Waals surface area (Å²) in [6, 6.07) is 0.954. The molecule has 1 heterocycles. The first-order valence-corrected chi connectivity index (χ1v) is 4.86. The van der Waals surface area contributed by atoms with Gasteiger partial charge in [-0.15, -0.1) is 0 Å². The molecule has 1 heteroatoms. The summed E-state index contributed by atoms with van der Waals surface area (Å²) in [7, 11) is 0. The van der Waals surface area contributed by atoms with Crippen molar-refractivity contribution in [2.24, 2.45) is 5.92 Å². The number of rotatable bonds is 0. The fraction of sp³-hybridized carbons (Fsp3) is 1.00. The van der Waals surface area contributed by atoms with E-state index in [1.54, 1.807) is 0 Å². The molecule has 0 spiro atoms. The van der Waals surface area contributed by atoms with E-state index in [0.29, 0.717) is 5.54 Å². The van der Waals surface area contributed by atoms with Crippen LogP contribution in [0.1, 0.15) is 40.0 Å². The Hall–Kier alpha value is -0.0400. The highest BCUT2D eigenvalue weighted by Gasteiger charge is 2.46. The molecule has 0 aromatic carbocycles. The second-order valence-electron chi connectivity index (χ2n) is 5.08. The number of likely N-dealkylation sites (tertiary alicyclic amines) is 1. The van der Waals surface area contributed by atoms with E-state index in [9.17, 15) is 0 Å². The van der Waals surface area contributed by atoms with E-state index in [4.69, 9.17) is 0 Å². The molecule has 2 fully saturated rings. The van der Waals surface area contributed by atoms with Gasteiger partial charge in [0.1, 0.15) is 0 Å². The Kier molecular flexibility index (Phi) is 1.54. The highest BCUT2D eigenvalue weighted by Crippen LogP contribution is 2.42. The van der Waals surface area contributed by atoms with E-state index in [0.717, 1.165) is 12.0 Å². The molecule has 0 radical (unpaired) electrons. The fourth-order valence-electron chi connectivity index (χ4n) is 2.66. The Morgan fingerprint density at radius 3 is 2.45 bits per heavy atom. The van der Waals surface area contributed by atoms with Gasteiger partial charge in [-0.2, -0.15) is 0 Å². The Labute approximate surface area is 69.8 Å². The number of hydrogen-bond donors (Lipinski definition) is 0. The summed E-state index contributed by atoms with van der Waals surface area (Å²) in [5.74, 6) is 1.06. The van der Waals surface area contributed by atoms with E-state index in [1.165, 1.54) is 25.8 Å². The molecule has 0 bridgehead atoms. The summed E-state index contributed by atoms with van der Waals surface area (Å²) >= 11 is 0. The minimum Gasteiger partial charge on any atom is -0.295 e. The summed E-state index contributed by atoms with van der Waals surface area (Å²) in [5, 5.41) is 0. The molecule has 0 amide bonds. The van der Waals surface area contributed by atoms with Crippen molar-refractivity contribution in [1.82, 2.24) is 4.90 Å². The summed E-state index contributed by atoms with van der Waals surface area (Å²) in [6.07, 6.45) is 4.43. The first-order valence-electron chi connectivity index (χ1n) is 4.86. The van der Waals surface area contributed by atoms with Gasteiger partial charge in [0.05, 0.1) is 0 Å². The van der Waals surface area contributed by atoms with E-state index in [1.807, 2.05) is 0 Å². The third-order valence-electron chi connectivity index (χ3n) is 3.31. The maximum Gasteiger partial charge on any atom is 0.0141 e. The molecule has 1 aliphatic heterocycles. The van der Waals surface area contributed by atoms with Gasteiger partial charge in [-0.3, -0.25) is 4.90 Å². The number of hydrogen-bond acceptors (Lipinski definition) is 1. The molecule has 1 nitrogen and oxygen atoms in total. The highest BCUT2D eigenvalue weighted by molar-refractivity contribution is 5.00. The molecule has 1 saturated carbocycles. The van der Waals surface area contributed by atoms with Gasteiger partial charge in [0.15, 0.2) is 0 Å². The lowest BCUT2D eigenvalue weighted by Crippen LogP contribution is -2.60. The molecule has 0 N–H and O–H groups in total. The Bertz CT molecular complexity index is 157. The molecule has 11 heavy (non-hydrogen) atoms.